The average molecular weight is 160 g/mol. The fourth-order valence-electron chi connectivity index (χ4n) is 0.667. The van der Waals surface area contributed by atoms with Gasteiger partial charge in [-0.2, -0.15) is 0 Å². The summed E-state index contributed by atoms with van der Waals surface area (Å²) >= 11 is 0. The third-order valence-corrected chi connectivity index (χ3v) is 1.32. The molecule has 0 aromatic rings. The Morgan fingerprint density at radius 1 is 0.727 bits per heavy atom. The highest BCUT2D eigenvalue weighted by molar-refractivity contribution is 4.48. The molecule has 0 saturated carbocycles. The second-order valence-corrected chi connectivity index (χ2v) is 3.37. The Morgan fingerprint density at radius 3 is 1.00 bits per heavy atom. The van der Waals surface area contributed by atoms with E-state index in [9.17, 15) is 0 Å². The lowest BCUT2D eigenvalue weighted by atomic mass is 10.0. The van der Waals surface area contributed by atoms with E-state index in [1.807, 2.05) is 13.8 Å². The molecule has 0 aliphatic rings. The molecular formula is C11H28. The minimum Gasteiger partial charge on any atom is -0.0776 e. The van der Waals surface area contributed by atoms with Crippen molar-refractivity contribution in [2.45, 2.75) is 61.8 Å². The Labute approximate surface area is 74.4 Å². The van der Waals surface area contributed by atoms with E-state index in [1.165, 1.54) is 12.8 Å². The lowest BCUT2D eigenvalue weighted by molar-refractivity contribution is 0.476. The minimum atomic E-state index is 0. The van der Waals surface area contributed by atoms with Gasteiger partial charge in [-0.05, 0) is 11.8 Å². The van der Waals surface area contributed by atoms with Crippen LogP contribution in [0, 0.1) is 11.8 Å². The highest BCUT2D eigenvalue weighted by Gasteiger charge is 1.95. The van der Waals surface area contributed by atoms with Crippen LogP contribution in [0.4, 0.5) is 0 Å². The molecule has 0 saturated heterocycles. The number of rotatable bonds is 3. The van der Waals surface area contributed by atoms with Crippen LogP contribution < -0.4 is 0 Å². The van der Waals surface area contributed by atoms with E-state index in [4.69, 9.17) is 0 Å². The van der Waals surface area contributed by atoms with E-state index in [0.717, 1.165) is 11.8 Å². The Bertz CT molecular complexity index is 36.0. The highest BCUT2D eigenvalue weighted by atomic mass is 14.0. The van der Waals surface area contributed by atoms with Crippen LogP contribution >= 0.6 is 0 Å². The van der Waals surface area contributed by atoms with E-state index >= 15 is 0 Å². The van der Waals surface area contributed by atoms with Crippen LogP contribution in [0.25, 0.3) is 0 Å². The molecule has 0 atom stereocenters. The van der Waals surface area contributed by atoms with Gasteiger partial charge in [0, 0.05) is 0 Å². The third-order valence-electron chi connectivity index (χ3n) is 1.32. The summed E-state index contributed by atoms with van der Waals surface area (Å²) in [5, 5.41) is 0. The fourth-order valence-corrected chi connectivity index (χ4v) is 0.667. The van der Waals surface area contributed by atoms with Crippen molar-refractivity contribution < 1.29 is 0 Å². The second-order valence-electron chi connectivity index (χ2n) is 3.37. The van der Waals surface area contributed by atoms with Gasteiger partial charge < -0.3 is 0 Å². The first-order chi connectivity index (χ1) is 4.63. The summed E-state index contributed by atoms with van der Waals surface area (Å²) in [6.07, 6.45) is 2.77. The van der Waals surface area contributed by atoms with Gasteiger partial charge in [0.1, 0.15) is 0 Å². The SMILES string of the molecule is C.CC.CC(C)CCC(C)C. The van der Waals surface area contributed by atoms with Crippen LogP contribution in [0.5, 0.6) is 0 Å². The van der Waals surface area contributed by atoms with Crippen molar-refractivity contribution >= 4 is 0 Å². The van der Waals surface area contributed by atoms with Crippen molar-refractivity contribution in [1.29, 1.82) is 0 Å². The molecule has 0 rings (SSSR count). The summed E-state index contributed by atoms with van der Waals surface area (Å²) in [6, 6.07) is 0. The van der Waals surface area contributed by atoms with Gasteiger partial charge >= 0.3 is 0 Å². The van der Waals surface area contributed by atoms with Crippen molar-refractivity contribution in [2.24, 2.45) is 11.8 Å². The monoisotopic (exact) mass is 160 g/mol. The molecule has 0 aromatic heterocycles. The first kappa shape index (κ1) is 17.2. The van der Waals surface area contributed by atoms with Crippen molar-refractivity contribution in [1.82, 2.24) is 0 Å². The summed E-state index contributed by atoms with van der Waals surface area (Å²) in [6.45, 7) is 13.1. The predicted octanol–water partition coefficient (Wildman–Crippen LogP) is 4.74. The minimum absolute atomic E-state index is 0. The molecule has 0 radical (unpaired) electrons. The van der Waals surface area contributed by atoms with Gasteiger partial charge in [0.2, 0.25) is 0 Å². The summed E-state index contributed by atoms with van der Waals surface area (Å²) < 4.78 is 0. The molecule has 0 fully saturated rings. The number of hydrogen-bond donors (Lipinski definition) is 0. The van der Waals surface area contributed by atoms with Crippen molar-refractivity contribution in [3.05, 3.63) is 0 Å². The predicted molar refractivity (Wildman–Crippen MR) is 57.0 cm³/mol. The van der Waals surface area contributed by atoms with Crippen LogP contribution in [0.3, 0.4) is 0 Å². The maximum atomic E-state index is 2.28. The molecule has 0 amide bonds. The van der Waals surface area contributed by atoms with E-state index in [0.29, 0.717) is 0 Å². The van der Waals surface area contributed by atoms with Crippen LogP contribution in [-0.4, -0.2) is 0 Å². The van der Waals surface area contributed by atoms with E-state index < -0.39 is 0 Å². The van der Waals surface area contributed by atoms with Crippen molar-refractivity contribution in [2.75, 3.05) is 0 Å². The second kappa shape index (κ2) is 12.7. The number of hydrogen-bond acceptors (Lipinski definition) is 0. The van der Waals surface area contributed by atoms with Gasteiger partial charge in [-0.1, -0.05) is 61.8 Å². The van der Waals surface area contributed by atoms with Gasteiger partial charge in [-0.15, -0.1) is 0 Å². The molecular weight excluding hydrogens is 132 g/mol. The maximum Gasteiger partial charge on any atom is -0.0471 e. The van der Waals surface area contributed by atoms with Crippen molar-refractivity contribution in [3.63, 3.8) is 0 Å². The zero-order chi connectivity index (χ0) is 8.57. The first-order valence-electron chi connectivity index (χ1n) is 4.63. The topological polar surface area (TPSA) is 0 Å². The van der Waals surface area contributed by atoms with E-state index in [2.05, 4.69) is 27.7 Å². The molecule has 0 spiro atoms. The summed E-state index contributed by atoms with van der Waals surface area (Å²) in [5.74, 6) is 1.77. The summed E-state index contributed by atoms with van der Waals surface area (Å²) in [7, 11) is 0. The zero-order valence-electron chi connectivity index (χ0n) is 8.57. The lowest BCUT2D eigenvalue weighted by Gasteiger charge is -2.05. The Morgan fingerprint density at radius 2 is 0.909 bits per heavy atom. The zero-order valence-corrected chi connectivity index (χ0v) is 8.57. The third kappa shape index (κ3) is 25.6. The molecule has 0 heteroatoms. The molecule has 11 heavy (non-hydrogen) atoms. The van der Waals surface area contributed by atoms with Gasteiger partial charge in [-0.3, -0.25) is 0 Å². The van der Waals surface area contributed by atoms with Gasteiger partial charge in [0.25, 0.3) is 0 Å². The smallest absolute Gasteiger partial charge is 0.0471 e. The lowest BCUT2D eigenvalue weighted by Crippen LogP contribution is -1.91. The Balaban J connectivity index is -0.000000196. The van der Waals surface area contributed by atoms with Crippen LogP contribution in [0.1, 0.15) is 61.8 Å². The largest absolute Gasteiger partial charge is 0.0776 e. The van der Waals surface area contributed by atoms with Crippen LogP contribution in [-0.2, 0) is 0 Å². The molecule has 0 bridgehead atoms. The molecule has 0 unspecified atom stereocenters. The Hall–Kier alpha value is 0. The standard InChI is InChI=1S/C8H18.C2H6.CH4/c1-7(2)5-6-8(3)4;1-2;/h7-8H,5-6H2,1-4H3;1-2H3;1H4. The molecule has 0 heterocycles. The Kier molecular flexibility index (Phi) is 19.8. The average Bonchev–Trinajstić information content (AvgIpc) is 1.89. The normalized spacial score (nSPS) is 8.73. The molecule has 0 nitrogen and oxygen atoms in total. The first-order valence-corrected chi connectivity index (χ1v) is 4.63. The fraction of sp³-hybridized carbons (Fsp3) is 1.00. The van der Waals surface area contributed by atoms with Gasteiger partial charge in [0.05, 0.1) is 0 Å². The van der Waals surface area contributed by atoms with E-state index in [1.54, 1.807) is 0 Å². The molecule has 0 aromatic carbocycles. The quantitative estimate of drug-likeness (QED) is 0.559. The van der Waals surface area contributed by atoms with Crippen molar-refractivity contribution in [3.8, 4) is 0 Å². The molecule has 0 aliphatic heterocycles. The van der Waals surface area contributed by atoms with Gasteiger partial charge in [-0.25, -0.2) is 0 Å². The maximum absolute atomic E-state index is 2.28. The molecule has 0 aliphatic carbocycles. The van der Waals surface area contributed by atoms with Gasteiger partial charge in [0.15, 0.2) is 0 Å². The van der Waals surface area contributed by atoms with Crippen LogP contribution in [0.2, 0.25) is 0 Å². The summed E-state index contributed by atoms with van der Waals surface area (Å²) in [5.41, 5.74) is 0. The van der Waals surface area contributed by atoms with Crippen LogP contribution in [0.15, 0.2) is 0 Å². The highest BCUT2D eigenvalue weighted by Crippen LogP contribution is 2.09. The molecule has 72 valence electrons. The van der Waals surface area contributed by atoms with E-state index in [-0.39, 0.29) is 7.43 Å². The molecule has 0 N–H and O–H groups in total. The summed E-state index contributed by atoms with van der Waals surface area (Å²) in [4.78, 5) is 0.